The van der Waals surface area contributed by atoms with Crippen molar-refractivity contribution in [1.82, 2.24) is 10.3 Å². The van der Waals surface area contributed by atoms with E-state index in [0.717, 1.165) is 40.4 Å². The third-order valence-corrected chi connectivity index (χ3v) is 6.61. The second-order valence-electron chi connectivity index (χ2n) is 9.26. The number of aromatic amines is 1. The van der Waals surface area contributed by atoms with Gasteiger partial charge in [-0.05, 0) is 83.8 Å². The van der Waals surface area contributed by atoms with Crippen LogP contribution in [0, 0.1) is 0 Å². The van der Waals surface area contributed by atoms with Gasteiger partial charge >= 0.3 is 0 Å². The summed E-state index contributed by atoms with van der Waals surface area (Å²) in [6.45, 7) is 1.01. The summed E-state index contributed by atoms with van der Waals surface area (Å²) in [5.41, 5.74) is 3.96. The zero-order chi connectivity index (χ0) is 27.2. The number of aromatic hydroxyl groups is 1. The second-order valence-corrected chi connectivity index (χ2v) is 9.26. The summed E-state index contributed by atoms with van der Waals surface area (Å²) >= 11 is 0. The standard InChI is InChI=1S/C32H30N2O5/c1-38-24-11-7-22(8-12-24)23-3-2-4-26(19-23)39-25-9-5-21(6-10-25)17-18-33-20-30(36)27-13-15-29(35)32-28(27)14-16-31(37)34-32/h2-16,19,30,33,35-36H,17-18,20H2,1H3,(H,34,37)/t30-/m0/s1. The van der Waals surface area contributed by atoms with Crippen molar-refractivity contribution in [2.45, 2.75) is 12.5 Å². The van der Waals surface area contributed by atoms with Crippen LogP contribution in [0.4, 0.5) is 0 Å². The van der Waals surface area contributed by atoms with Crippen LogP contribution in [-0.4, -0.2) is 35.4 Å². The van der Waals surface area contributed by atoms with Gasteiger partial charge in [0, 0.05) is 18.0 Å². The summed E-state index contributed by atoms with van der Waals surface area (Å²) in [7, 11) is 1.66. The van der Waals surface area contributed by atoms with Crippen molar-refractivity contribution in [1.29, 1.82) is 0 Å². The maximum absolute atomic E-state index is 11.6. The minimum atomic E-state index is -0.788. The van der Waals surface area contributed by atoms with Gasteiger partial charge in [-0.2, -0.15) is 0 Å². The molecule has 0 aliphatic rings. The average Bonchev–Trinajstić information content (AvgIpc) is 2.97. The Balaban J connectivity index is 1.14. The topological polar surface area (TPSA) is 104 Å². The second kappa shape index (κ2) is 11.9. The number of phenols is 1. The number of phenolic OH excluding ortho intramolecular Hbond substituents is 1. The maximum Gasteiger partial charge on any atom is 0.248 e. The summed E-state index contributed by atoms with van der Waals surface area (Å²) in [6.07, 6.45) is -0.00712. The lowest BCUT2D eigenvalue weighted by atomic mass is 10.0. The SMILES string of the molecule is COc1ccc(-c2cccc(Oc3ccc(CCNC[C@H](O)c4ccc(O)c5[nH]c(=O)ccc45)cc3)c2)cc1. The summed E-state index contributed by atoms with van der Waals surface area (Å²) in [4.78, 5) is 14.2. The van der Waals surface area contributed by atoms with E-state index in [4.69, 9.17) is 9.47 Å². The minimum Gasteiger partial charge on any atom is -0.506 e. The summed E-state index contributed by atoms with van der Waals surface area (Å²) < 4.78 is 11.3. The lowest BCUT2D eigenvalue weighted by Crippen LogP contribution is -2.24. The van der Waals surface area contributed by atoms with Crippen LogP contribution in [0.1, 0.15) is 17.2 Å². The number of ether oxygens (including phenoxy) is 2. The van der Waals surface area contributed by atoms with Crippen molar-refractivity contribution >= 4 is 10.9 Å². The minimum absolute atomic E-state index is 0.0241. The van der Waals surface area contributed by atoms with Crippen LogP contribution in [0.2, 0.25) is 0 Å². The number of benzene rings is 4. The molecule has 0 saturated carbocycles. The monoisotopic (exact) mass is 522 g/mol. The van der Waals surface area contributed by atoms with Crippen LogP contribution in [-0.2, 0) is 6.42 Å². The summed E-state index contributed by atoms with van der Waals surface area (Å²) in [5.74, 6) is 2.31. The third-order valence-electron chi connectivity index (χ3n) is 6.61. The molecule has 0 radical (unpaired) electrons. The number of H-pyrrole nitrogens is 1. The van der Waals surface area contributed by atoms with E-state index in [-0.39, 0.29) is 11.3 Å². The van der Waals surface area contributed by atoms with Gasteiger partial charge in [0.05, 0.1) is 18.7 Å². The Morgan fingerprint density at radius 3 is 2.38 bits per heavy atom. The molecule has 1 atom stereocenters. The molecular formula is C32H30N2O5. The first-order chi connectivity index (χ1) is 19.0. The van der Waals surface area contributed by atoms with E-state index in [1.165, 1.54) is 12.1 Å². The normalized spacial score (nSPS) is 11.8. The fraction of sp³-hybridized carbons (Fsp3) is 0.156. The Kier molecular flexibility index (Phi) is 7.91. The van der Waals surface area contributed by atoms with E-state index in [9.17, 15) is 15.0 Å². The van der Waals surface area contributed by atoms with E-state index < -0.39 is 6.10 Å². The molecule has 0 amide bonds. The number of nitrogens with one attached hydrogen (secondary N) is 2. The van der Waals surface area contributed by atoms with E-state index >= 15 is 0 Å². The number of rotatable bonds is 10. The first kappa shape index (κ1) is 26.0. The molecule has 1 aromatic heterocycles. The Labute approximate surface area is 226 Å². The van der Waals surface area contributed by atoms with E-state index in [1.807, 2.05) is 72.8 Å². The largest absolute Gasteiger partial charge is 0.506 e. The van der Waals surface area contributed by atoms with Crippen LogP contribution < -0.4 is 20.3 Å². The highest BCUT2D eigenvalue weighted by atomic mass is 16.5. The molecule has 0 bridgehead atoms. The van der Waals surface area contributed by atoms with Crippen molar-refractivity contribution in [2.24, 2.45) is 0 Å². The summed E-state index contributed by atoms with van der Waals surface area (Å²) in [5, 5.41) is 24.7. The average molecular weight is 523 g/mol. The molecule has 0 fully saturated rings. The Bertz CT molecular complexity index is 1610. The number of aliphatic hydroxyl groups excluding tert-OH is 1. The maximum atomic E-state index is 11.6. The lowest BCUT2D eigenvalue weighted by Gasteiger charge is -2.15. The molecule has 0 saturated heterocycles. The van der Waals surface area contributed by atoms with Crippen molar-refractivity contribution < 1.29 is 19.7 Å². The predicted octanol–water partition coefficient (Wildman–Crippen LogP) is 5.57. The number of methoxy groups -OCH3 is 1. The Morgan fingerprint density at radius 2 is 1.62 bits per heavy atom. The molecule has 0 unspecified atom stereocenters. The van der Waals surface area contributed by atoms with Crippen molar-refractivity contribution in [3.05, 3.63) is 119 Å². The van der Waals surface area contributed by atoms with Gasteiger partial charge in [-0.3, -0.25) is 4.79 Å². The van der Waals surface area contributed by atoms with Crippen molar-refractivity contribution in [2.75, 3.05) is 20.2 Å². The molecule has 7 nitrogen and oxygen atoms in total. The van der Waals surface area contributed by atoms with Crippen LogP contribution >= 0.6 is 0 Å². The van der Waals surface area contributed by atoms with Crippen LogP contribution in [0.3, 0.4) is 0 Å². The molecule has 39 heavy (non-hydrogen) atoms. The fourth-order valence-corrected chi connectivity index (χ4v) is 4.51. The molecule has 1 heterocycles. The first-order valence-corrected chi connectivity index (χ1v) is 12.7. The third kappa shape index (κ3) is 6.29. The molecule has 5 rings (SSSR count). The van der Waals surface area contributed by atoms with Gasteiger partial charge in [0.2, 0.25) is 5.56 Å². The Hall–Kier alpha value is -4.59. The first-order valence-electron chi connectivity index (χ1n) is 12.7. The van der Waals surface area contributed by atoms with E-state index in [0.29, 0.717) is 29.6 Å². The van der Waals surface area contributed by atoms with Gasteiger partial charge in [0.1, 0.15) is 23.0 Å². The molecule has 7 heteroatoms. The zero-order valence-corrected chi connectivity index (χ0v) is 21.6. The number of hydrogen-bond donors (Lipinski definition) is 4. The number of fused-ring (bicyclic) bond motifs is 1. The van der Waals surface area contributed by atoms with E-state index in [1.54, 1.807) is 19.2 Å². The number of pyridine rings is 1. The highest BCUT2D eigenvalue weighted by Gasteiger charge is 2.13. The molecule has 4 N–H and O–H groups in total. The highest BCUT2D eigenvalue weighted by molar-refractivity contribution is 5.87. The van der Waals surface area contributed by atoms with E-state index in [2.05, 4.69) is 10.3 Å². The van der Waals surface area contributed by atoms with Crippen LogP contribution in [0.15, 0.2) is 102 Å². The van der Waals surface area contributed by atoms with Gasteiger partial charge in [-0.25, -0.2) is 0 Å². The Morgan fingerprint density at radius 1 is 0.846 bits per heavy atom. The van der Waals surface area contributed by atoms with Crippen molar-refractivity contribution in [3.8, 4) is 34.1 Å². The van der Waals surface area contributed by atoms with Gasteiger partial charge in [0.25, 0.3) is 0 Å². The van der Waals surface area contributed by atoms with Crippen LogP contribution in [0.25, 0.3) is 22.0 Å². The van der Waals surface area contributed by atoms with Gasteiger partial charge in [-0.1, -0.05) is 42.5 Å². The van der Waals surface area contributed by atoms with Crippen molar-refractivity contribution in [3.63, 3.8) is 0 Å². The number of aromatic nitrogens is 1. The molecule has 4 aromatic carbocycles. The predicted molar refractivity (Wildman–Crippen MR) is 153 cm³/mol. The fourth-order valence-electron chi connectivity index (χ4n) is 4.51. The molecule has 198 valence electrons. The zero-order valence-electron chi connectivity index (χ0n) is 21.6. The number of hydrogen-bond acceptors (Lipinski definition) is 6. The molecule has 0 spiro atoms. The van der Waals surface area contributed by atoms with Crippen LogP contribution in [0.5, 0.6) is 23.0 Å². The lowest BCUT2D eigenvalue weighted by molar-refractivity contribution is 0.176. The molecule has 0 aliphatic heterocycles. The van der Waals surface area contributed by atoms with Gasteiger partial charge < -0.3 is 30.0 Å². The smallest absolute Gasteiger partial charge is 0.248 e. The number of aliphatic hydroxyl groups is 1. The molecule has 5 aromatic rings. The molecule has 0 aliphatic carbocycles. The quantitative estimate of drug-likeness (QED) is 0.179. The van der Waals surface area contributed by atoms with Gasteiger partial charge in [0.15, 0.2) is 0 Å². The highest BCUT2D eigenvalue weighted by Crippen LogP contribution is 2.30. The summed E-state index contributed by atoms with van der Waals surface area (Å²) in [6, 6.07) is 30.0. The van der Waals surface area contributed by atoms with Gasteiger partial charge in [-0.15, -0.1) is 0 Å². The molecular weight excluding hydrogens is 492 g/mol.